The maximum absolute atomic E-state index is 7.28. The van der Waals surface area contributed by atoms with E-state index in [4.69, 9.17) is 37.1 Å². The van der Waals surface area contributed by atoms with Crippen molar-refractivity contribution in [3.8, 4) is 0 Å². The molecule has 1 atom stereocenters. The van der Waals surface area contributed by atoms with Crippen LogP contribution in [0.15, 0.2) is 0 Å². The Balaban J connectivity index is 5.86. The van der Waals surface area contributed by atoms with Gasteiger partial charge in [0.2, 0.25) is 0 Å². The van der Waals surface area contributed by atoms with Crippen LogP contribution in [0.25, 0.3) is 0 Å². The SMILES string of the molecule is CCC[CH2][Sn]([Cl])([O][Sn]([Cl])([Cl])[Cl])[C](CCC)(C(C)C)C(C)C. The molecule has 0 aliphatic heterocycles. The second kappa shape index (κ2) is 10.0. The van der Waals surface area contributed by atoms with Crippen molar-refractivity contribution in [1.82, 2.24) is 0 Å². The molecule has 1 nitrogen and oxygen atoms in total. The van der Waals surface area contributed by atoms with Gasteiger partial charge in [-0.3, -0.25) is 0 Å². The maximum atomic E-state index is 7.28. The van der Waals surface area contributed by atoms with E-state index in [9.17, 15) is 0 Å². The summed E-state index contributed by atoms with van der Waals surface area (Å²) in [5.74, 6) is 0.891. The number of hydrogen-bond donors (Lipinski definition) is 0. The van der Waals surface area contributed by atoms with Crippen LogP contribution in [0.2, 0.25) is 7.87 Å². The van der Waals surface area contributed by atoms with Crippen molar-refractivity contribution in [2.24, 2.45) is 11.8 Å². The first-order valence-corrected chi connectivity index (χ1v) is 28.2. The van der Waals surface area contributed by atoms with Gasteiger partial charge in [0.15, 0.2) is 0 Å². The summed E-state index contributed by atoms with van der Waals surface area (Å²) in [5, 5.41) is 0. The summed E-state index contributed by atoms with van der Waals surface area (Å²) in [5.41, 5.74) is 0. The molecule has 0 N–H and O–H groups in total. The van der Waals surface area contributed by atoms with E-state index < -0.39 is 33.1 Å². The van der Waals surface area contributed by atoms with Crippen LogP contribution in [-0.2, 0) is 1.41 Å². The van der Waals surface area contributed by atoms with Crippen molar-refractivity contribution in [3.63, 3.8) is 0 Å². The topological polar surface area (TPSA) is 9.23 Å². The van der Waals surface area contributed by atoms with Crippen molar-refractivity contribution >= 4 is 68.8 Å². The van der Waals surface area contributed by atoms with E-state index in [1.54, 1.807) is 0 Å². The number of halogens is 4. The minimum atomic E-state index is -3.95. The molecule has 0 bridgehead atoms. The molecule has 0 aliphatic carbocycles. The third-order valence-electron chi connectivity index (χ3n) is 4.55. The molecule has 1 unspecified atom stereocenters. The van der Waals surface area contributed by atoms with E-state index in [1.807, 2.05) is 0 Å². The summed E-state index contributed by atoms with van der Waals surface area (Å²) in [6.07, 6.45) is 4.32. The van der Waals surface area contributed by atoms with Crippen LogP contribution in [0.5, 0.6) is 0 Å². The molecule has 0 saturated carbocycles. The van der Waals surface area contributed by atoms with Crippen LogP contribution in [0, 0.1) is 11.8 Å². The molecule has 0 heterocycles. The number of hydrogen-bond acceptors (Lipinski definition) is 1. The molecule has 0 aromatic rings. The fourth-order valence-corrected chi connectivity index (χ4v) is 61.3. The predicted octanol–water partition coefficient (Wildman–Crippen LogP) is 7.49. The molecule has 0 radical (unpaired) electrons. The molecular formula is C14H30Cl4OSn2. The zero-order valence-electron chi connectivity index (χ0n) is 14.1. The van der Waals surface area contributed by atoms with Gasteiger partial charge in [0.25, 0.3) is 0 Å². The van der Waals surface area contributed by atoms with Gasteiger partial charge in [-0.25, -0.2) is 0 Å². The Morgan fingerprint density at radius 2 is 1.38 bits per heavy atom. The van der Waals surface area contributed by atoms with Crippen LogP contribution in [-0.4, -0.2) is 33.1 Å². The summed E-state index contributed by atoms with van der Waals surface area (Å²) >= 11 is -7.53. The van der Waals surface area contributed by atoms with E-state index in [-0.39, 0.29) is 3.43 Å². The third-order valence-corrected chi connectivity index (χ3v) is 45.1. The second-order valence-electron chi connectivity index (χ2n) is 6.48. The van der Waals surface area contributed by atoms with Gasteiger partial charge in [0.1, 0.15) is 0 Å². The molecule has 0 aromatic heterocycles. The van der Waals surface area contributed by atoms with Crippen molar-refractivity contribution in [3.05, 3.63) is 0 Å². The summed E-state index contributed by atoms with van der Waals surface area (Å²) < 4.78 is 7.20. The van der Waals surface area contributed by atoms with Gasteiger partial charge in [0, 0.05) is 0 Å². The van der Waals surface area contributed by atoms with Gasteiger partial charge < -0.3 is 0 Å². The van der Waals surface area contributed by atoms with Crippen molar-refractivity contribution in [2.45, 2.75) is 75.1 Å². The van der Waals surface area contributed by atoms with Crippen molar-refractivity contribution < 1.29 is 1.41 Å². The van der Waals surface area contributed by atoms with Crippen LogP contribution in [0.4, 0.5) is 0 Å². The molecular weight excluding hydrogens is 563 g/mol. The average molecular weight is 594 g/mol. The van der Waals surface area contributed by atoms with Gasteiger partial charge in [0.05, 0.1) is 0 Å². The molecule has 21 heavy (non-hydrogen) atoms. The first-order valence-electron chi connectivity index (χ1n) is 7.92. The van der Waals surface area contributed by atoms with Gasteiger partial charge in [-0.2, -0.15) is 0 Å². The third kappa shape index (κ3) is 6.50. The van der Waals surface area contributed by atoms with Gasteiger partial charge in [-0.1, -0.05) is 0 Å². The zero-order valence-corrected chi connectivity index (χ0v) is 22.8. The molecule has 0 aliphatic rings. The van der Waals surface area contributed by atoms with Gasteiger partial charge in [-0.05, 0) is 0 Å². The second-order valence-corrected chi connectivity index (χ2v) is 40.5. The van der Waals surface area contributed by atoms with Gasteiger partial charge in [-0.15, -0.1) is 0 Å². The Labute approximate surface area is 155 Å². The normalized spacial score (nSPS) is 16.6. The van der Waals surface area contributed by atoms with Crippen LogP contribution in [0.3, 0.4) is 0 Å². The first kappa shape index (κ1) is 23.7. The summed E-state index contributed by atoms with van der Waals surface area (Å²) in [6.45, 7) is 13.4. The van der Waals surface area contributed by atoms with Crippen molar-refractivity contribution in [2.75, 3.05) is 0 Å². The van der Waals surface area contributed by atoms with Gasteiger partial charge >= 0.3 is 157 Å². The van der Waals surface area contributed by atoms with E-state index >= 15 is 0 Å². The standard InChI is InChI=1S/C10H21.C4H9.4ClH.O.2Sn/c1-6-7-10(8(2)3)9(4)5;1-3-4-2;;;;;;;/h8-9H,6-7H2,1-5H3;1,3-4H2,2H3;4*1H;;;/q;;;;;;;+1;+3/p-4. The number of unbranched alkanes of at least 4 members (excludes halogenated alkanes) is 1. The average Bonchev–Trinajstić information content (AvgIpc) is 2.30. The Hall–Kier alpha value is 2.72. The van der Waals surface area contributed by atoms with Crippen LogP contribution < -0.4 is 0 Å². The van der Waals surface area contributed by atoms with E-state index in [1.165, 1.54) is 0 Å². The fourth-order valence-electron chi connectivity index (χ4n) is 3.67. The molecule has 128 valence electrons. The Kier molecular flexibility index (Phi) is 11.3. The Morgan fingerprint density at radius 1 is 0.905 bits per heavy atom. The Bertz CT molecular complexity index is 300. The fraction of sp³-hybridized carbons (Fsp3) is 1.00. The number of rotatable bonds is 10. The molecule has 0 spiro atoms. The van der Waals surface area contributed by atoms with E-state index in [2.05, 4.69) is 41.5 Å². The summed E-state index contributed by atoms with van der Waals surface area (Å²) in [7, 11) is 25.9. The molecule has 7 heteroatoms. The molecule has 0 aromatic carbocycles. The molecule has 0 rings (SSSR count). The van der Waals surface area contributed by atoms with Crippen LogP contribution >= 0.6 is 35.7 Å². The molecule has 0 saturated heterocycles. The first-order chi connectivity index (χ1) is 9.47. The van der Waals surface area contributed by atoms with Crippen LogP contribution in [0.1, 0.15) is 67.2 Å². The minimum absolute atomic E-state index is 0.0149. The quantitative estimate of drug-likeness (QED) is 0.239. The Morgan fingerprint density at radius 3 is 1.67 bits per heavy atom. The summed E-state index contributed by atoms with van der Waals surface area (Å²) in [4.78, 5) is 0. The van der Waals surface area contributed by atoms with Crippen molar-refractivity contribution in [1.29, 1.82) is 0 Å². The molecule has 0 amide bonds. The zero-order chi connectivity index (χ0) is 16.9. The molecule has 0 fully saturated rings. The summed E-state index contributed by atoms with van der Waals surface area (Å²) in [6, 6.07) is 0. The van der Waals surface area contributed by atoms with E-state index in [0.29, 0.717) is 11.8 Å². The predicted molar refractivity (Wildman–Crippen MR) is 103 cm³/mol. The monoisotopic (exact) mass is 594 g/mol. The van der Waals surface area contributed by atoms with E-state index in [0.717, 1.165) is 30.1 Å².